The van der Waals surface area contributed by atoms with Crippen LogP contribution in [0.1, 0.15) is 12.8 Å². The molecule has 9 heteroatoms. The van der Waals surface area contributed by atoms with E-state index in [4.69, 9.17) is 6.42 Å². The summed E-state index contributed by atoms with van der Waals surface area (Å²) >= 11 is 1.11. The zero-order chi connectivity index (χ0) is 16.9. The smallest absolute Gasteiger partial charge is 0.253 e. The standard InChI is InChI=1S/C14H17N3O4S2/c1-2-7-15-12(18)10-16-14(19)11-5-3-8-17(11)23(20,21)13-6-4-9-22-13/h1,4,6,9,11H,3,5,7-8,10H2,(H,15,18)(H,16,19). The summed E-state index contributed by atoms with van der Waals surface area (Å²) in [5.41, 5.74) is 0. The van der Waals surface area contributed by atoms with Crippen molar-refractivity contribution in [1.82, 2.24) is 14.9 Å². The number of carbonyl (C=O) groups is 2. The van der Waals surface area contributed by atoms with Crippen molar-refractivity contribution in [2.45, 2.75) is 23.1 Å². The molecule has 7 nitrogen and oxygen atoms in total. The molecule has 2 N–H and O–H groups in total. The third-order valence-corrected chi connectivity index (χ3v) is 6.66. The van der Waals surface area contributed by atoms with Gasteiger partial charge in [0.15, 0.2) is 0 Å². The molecule has 1 atom stereocenters. The van der Waals surface area contributed by atoms with E-state index in [0.29, 0.717) is 19.4 Å². The minimum absolute atomic E-state index is 0.0804. The zero-order valence-corrected chi connectivity index (χ0v) is 14.0. The first-order valence-corrected chi connectivity index (χ1v) is 9.32. The van der Waals surface area contributed by atoms with E-state index in [2.05, 4.69) is 16.6 Å². The van der Waals surface area contributed by atoms with Gasteiger partial charge in [-0.1, -0.05) is 12.0 Å². The maximum Gasteiger partial charge on any atom is 0.253 e. The minimum atomic E-state index is -3.68. The summed E-state index contributed by atoms with van der Waals surface area (Å²) < 4.78 is 26.5. The van der Waals surface area contributed by atoms with E-state index in [9.17, 15) is 18.0 Å². The Morgan fingerprint density at radius 1 is 1.43 bits per heavy atom. The number of thiophene rings is 1. The van der Waals surface area contributed by atoms with Crippen LogP contribution < -0.4 is 10.6 Å². The largest absolute Gasteiger partial charge is 0.346 e. The number of terminal acetylenes is 1. The Labute approximate surface area is 139 Å². The highest BCUT2D eigenvalue weighted by Crippen LogP contribution is 2.28. The van der Waals surface area contributed by atoms with E-state index in [1.165, 1.54) is 10.4 Å². The monoisotopic (exact) mass is 355 g/mol. The second kappa shape index (κ2) is 7.59. The molecular formula is C14H17N3O4S2. The molecule has 2 rings (SSSR count). The molecule has 1 saturated heterocycles. The highest BCUT2D eigenvalue weighted by atomic mass is 32.2. The predicted octanol–water partition coefficient (Wildman–Crippen LogP) is -0.233. The molecule has 0 saturated carbocycles. The number of sulfonamides is 1. The second-order valence-corrected chi connectivity index (χ2v) is 7.97. The molecule has 0 aliphatic carbocycles. The van der Waals surface area contributed by atoms with Gasteiger partial charge in [-0.05, 0) is 24.3 Å². The summed E-state index contributed by atoms with van der Waals surface area (Å²) in [6.07, 6.45) is 6.06. The summed E-state index contributed by atoms with van der Waals surface area (Å²) in [4.78, 5) is 23.7. The van der Waals surface area contributed by atoms with Crippen LogP contribution in [0.5, 0.6) is 0 Å². The third kappa shape index (κ3) is 4.10. The number of hydrogen-bond acceptors (Lipinski definition) is 5. The topological polar surface area (TPSA) is 95.6 Å². The van der Waals surface area contributed by atoms with Crippen LogP contribution >= 0.6 is 11.3 Å². The van der Waals surface area contributed by atoms with Crippen molar-refractivity contribution in [3.63, 3.8) is 0 Å². The van der Waals surface area contributed by atoms with Gasteiger partial charge in [0.25, 0.3) is 10.0 Å². The Balaban J connectivity index is 2.00. The number of nitrogens with one attached hydrogen (secondary N) is 2. The van der Waals surface area contributed by atoms with E-state index in [-0.39, 0.29) is 17.3 Å². The van der Waals surface area contributed by atoms with Crippen LogP contribution in [0.3, 0.4) is 0 Å². The van der Waals surface area contributed by atoms with Crippen LogP contribution in [0.25, 0.3) is 0 Å². The van der Waals surface area contributed by atoms with Crippen molar-refractivity contribution in [3.05, 3.63) is 17.5 Å². The fraction of sp³-hybridized carbons (Fsp3) is 0.429. The van der Waals surface area contributed by atoms with E-state index in [0.717, 1.165) is 11.3 Å². The Morgan fingerprint density at radius 3 is 2.87 bits per heavy atom. The predicted molar refractivity (Wildman–Crippen MR) is 86.1 cm³/mol. The Morgan fingerprint density at radius 2 is 2.22 bits per heavy atom. The number of amides is 2. The molecule has 1 aromatic rings. The lowest BCUT2D eigenvalue weighted by Crippen LogP contribution is -2.48. The highest BCUT2D eigenvalue weighted by Gasteiger charge is 2.39. The fourth-order valence-electron chi connectivity index (χ4n) is 2.31. The summed E-state index contributed by atoms with van der Waals surface area (Å²) in [5.74, 6) is 1.36. The number of carbonyl (C=O) groups excluding carboxylic acids is 2. The van der Waals surface area contributed by atoms with E-state index in [1.807, 2.05) is 0 Å². The van der Waals surface area contributed by atoms with Crippen molar-refractivity contribution in [1.29, 1.82) is 0 Å². The second-order valence-electron chi connectivity index (χ2n) is 4.90. The van der Waals surface area contributed by atoms with Crippen LogP contribution in [0, 0.1) is 12.3 Å². The summed E-state index contributed by atoms with van der Waals surface area (Å²) in [5, 5.41) is 6.55. The molecule has 1 aliphatic heterocycles. The molecule has 1 aliphatic rings. The molecule has 23 heavy (non-hydrogen) atoms. The summed E-state index contributed by atoms with van der Waals surface area (Å²) in [6.45, 7) is 0.141. The summed E-state index contributed by atoms with van der Waals surface area (Å²) in [7, 11) is -3.68. The van der Waals surface area contributed by atoms with Crippen molar-refractivity contribution in [2.75, 3.05) is 19.6 Å². The normalized spacial score (nSPS) is 18.3. The Hall–Kier alpha value is -1.89. The third-order valence-electron chi connectivity index (χ3n) is 3.38. The molecular weight excluding hydrogens is 338 g/mol. The maximum atomic E-state index is 12.5. The van der Waals surface area contributed by atoms with Gasteiger partial charge in [-0.2, -0.15) is 4.31 Å². The average molecular weight is 355 g/mol. The van der Waals surface area contributed by atoms with Crippen LogP contribution in [-0.4, -0.2) is 50.2 Å². The first kappa shape index (κ1) is 17.5. The maximum absolute atomic E-state index is 12.5. The molecule has 1 unspecified atom stereocenters. The van der Waals surface area contributed by atoms with Gasteiger partial charge in [0, 0.05) is 6.54 Å². The first-order chi connectivity index (χ1) is 11.0. The van der Waals surface area contributed by atoms with Crippen molar-refractivity contribution >= 4 is 33.2 Å². The van der Waals surface area contributed by atoms with Crippen molar-refractivity contribution in [2.24, 2.45) is 0 Å². The Bertz CT molecular complexity index is 707. The van der Waals surface area contributed by atoms with Gasteiger partial charge >= 0.3 is 0 Å². The van der Waals surface area contributed by atoms with Crippen LogP contribution in [0.4, 0.5) is 0 Å². The lowest BCUT2D eigenvalue weighted by molar-refractivity contribution is -0.127. The van der Waals surface area contributed by atoms with E-state index < -0.39 is 27.9 Å². The molecule has 0 aromatic carbocycles. The molecule has 2 heterocycles. The fourth-order valence-corrected chi connectivity index (χ4v) is 5.09. The van der Waals surface area contributed by atoms with Gasteiger partial charge in [0.2, 0.25) is 11.8 Å². The SMILES string of the molecule is C#CCNC(=O)CNC(=O)C1CCCN1S(=O)(=O)c1cccs1. The first-order valence-electron chi connectivity index (χ1n) is 7.00. The van der Waals surface area contributed by atoms with Crippen LogP contribution in [0.15, 0.2) is 21.7 Å². The Kier molecular flexibility index (Phi) is 5.76. The van der Waals surface area contributed by atoms with Gasteiger partial charge in [0.1, 0.15) is 10.3 Å². The molecule has 0 radical (unpaired) electrons. The van der Waals surface area contributed by atoms with E-state index >= 15 is 0 Å². The molecule has 2 amide bonds. The lowest BCUT2D eigenvalue weighted by atomic mass is 10.2. The van der Waals surface area contributed by atoms with E-state index in [1.54, 1.807) is 11.4 Å². The molecule has 0 spiro atoms. The van der Waals surface area contributed by atoms with Crippen LogP contribution in [-0.2, 0) is 19.6 Å². The number of rotatable bonds is 6. The lowest BCUT2D eigenvalue weighted by Gasteiger charge is -2.22. The minimum Gasteiger partial charge on any atom is -0.346 e. The number of hydrogen-bond donors (Lipinski definition) is 2. The van der Waals surface area contributed by atoms with Gasteiger partial charge in [-0.25, -0.2) is 8.42 Å². The highest BCUT2D eigenvalue weighted by molar-refractivity contribution is 7.91. The molecule has 124 valence electrons. The number of nitrogens with zero attached hydrogens (tertiary/aromatic N) is 1. The molecule has 0 bridgehead atoms. The molecule has 1 aromatic heterocycles. The van der Waals surface area contributed by atoms with Gasteiger partial charge < -0.3 is 10.6 Å². The molecule has 1 fully saturated rings. The van der Waals surface area contributed by atoms with Gasteiger partial charge in [-0.3, -0.25) is 9.59 Å². The van der Waals surface area contributed by atoms with Crippen LogP contribution in [0.2, 0.25) is 0 Å². The van der Waals surface area contributed by atoms with Gasteiger partial charge in [-0.15, -0.1) is 17.8 Å². The quantitative estimate of drug-likeness (QED) is 0.689. The van der Waals surface area contributed by atoms with Crippen molar-refractivity contribution in [3.8, 4) is 12.3 Å². The van der Waals surface area contributed by atoms with Crippen molar-refractivity contribution < 1.29 is 18.0 Å². The summed E-state index contributed by atoms with van der Waals surface area (Å²) in [6, 6.07) is 2.38. The average Bonchev–Trinajstić information content (AvgIpc) is 3.21. The zero-order valence-electron chi connectivity index (χ0n) is 12.3. The van der Waals surface area contributed by atoms with Gasteiger partial charge in [0.05, 0.1) is 13.1 Å².